The summed E-state index contributed by atoms with van der Waals surface area (Å²) in [6, 6.07) is 25.4. The topological polar surface area (TPSA) is 42.0 Å². The number of nitrogens with one attached hydrogen (secondary N) is 1. The Labute approximate surface area is 181 Å². The molecule has 4 rings (SSSR count). The molecule has 1 N–H and O–H groups in total. The van der Waals surface area contributed by atoms with E-state index in [0.717, 1.165) is 34.1 Å². The van der Waals surface area contributed by atoms with E-state index in [1.165, 1.54) is 5.56 Å². The maximum Gasteiger partial charge on any atom is 0.252 e. The molecular weight excluding hydrogens is 392 g/mol. The van der Waals surface area contributed by atoms with E-state index in [1.54, 1.807) is 0 Å². The molecule has 1 atom stereocenters. The van der Waals surface area contributed by atoms with Crippen molar-refractivity contribution in [3.8, 4) is 11.3 Å². The number of rotatable bonds is 5. The molecular formula is C26H23ClN2O. The highest BCUT2D eigenvalue weighted by molar-refractivity contribution is 6.30. The van der Waals surface area contributed by atoms with E-state index in [0.29, 0.717) is 10.6 Å². The lowest BCUT2D eigenvalue weighted by Crippen LogP contribution is -2.27. The quantitative estimate of drug-likeness (QED) is 0.399. The summed E-state index contributed by atoms with van der Waals surface area (Å²) in [5.74, 6) is -0.109. The van der Waals surface area contributed by atoms with Crippen molar-refractivity contribution in [3.05, 3.63) is 101 Å². The second-order valence-electron chi connectivity index (χ2n) is 7.37. The SMILES string of the molecule is CCc1ccc2nc(-c3ccc(Cl)cc3)cc(C(=O)NC(C)c3ccccc3)c2c1. The number of aryl methyl sites for hydroxylation is 1. The van der Waals surface area contributed by atoms with Crippen molar-refractivity contribution >= 4 is 28.4 Å². The van der Waals surface area contributed by atoms with Gasteiger partial charge in [0.1, 0.15) is 0 Å². The zero-order chi connectivity index (χ0) is 21.1. The van der Waals surface area contributed by atoms with E-state index in [1.807, 2.05) is 73.7 Å². The second kappa shape index (κ2) is 8.68. The van der Waals surface area contributed by atoms with Crippen molar-refractivity contribution in [2.24, 2.45) is 0 Å². The first kappa shape index (κ1) is 20.1. The number of hydrogen-bond acceptors (Lipinski definition) is 2. The van der Waals surface area contributed by atoms with Gasteiger partial charge in [0.05, 0.1) is 22.8 Å². The first-order valence-corrected chi connectivity index (χ1v) is 10.5. The molecule has 4 aromatic rings. The third-order valence-corrected chi connectivity index (χ3v) is 5.57. The van der Waals surface area contributed by atoms with Crippen molar-refractivity contribution in [1.82, 2.24) is 10.3 Å². The van der Waals surface area contributed by atoms with Crippen molar-refractivity contribution < 1.29 is 4.79 Å². The Morgan fingerprint density at radius 1 is 1.00 bits per heavy atom. The van der Waals surface area contributed by atoms with Gasteiger partial charge in [0, 0.05) is 16.0 Å². The average molecular weight is 415 g/mol. The Morgan fingerprint density at radius 3 is 2.43 bits per heavy atom. The summed E-state index contributed by atoms with van der Waals surface area (Å²) in [6.07, 6.45) is 0.899. The lowest BCUT2D eigenvalue weighted by molar-refractivity contribution is 0.0941. The number of fused-ring (bicyclic) bond motifs is 1. The van der Waals surface area contributed by atoms with Crippen molar-refractivity contribution in [2.45, 2.75) is 26.3 Å². The number of aromatic nitrogens is 1. The molecule has 0 bridgehead atoms. The molecule has 1 unspecified atom stereocenters. The number of pyridine rings is 1. The molecule has 0 aliphatic heterocycles. The van der Waals surface area contributed by atoms with Crippen LogP contribution < -0.4 is 5.32 Å². The van der Waals surface area contributed by atoms with Crippen LogP contribution in [0.25, 0.3) is 22.2 Å². The van der Waals surface area contributed by atoms with Crippen LogP contribution in [0.5, 0.6) is 0 Å². The van der Waals surface area contributed by atoms with Gasteiger partial charge in [-0.1, -0.05) is 67.1 Å². The zero-order valence-electron chi connectivity index (χ0n) is 17.0. The number of carbonyl (C=O) groups is 1. The summed E-state index contributed by atoms with van der Waals surface area (Å²) in [6.45, 7) is 4.10. The van der Waals surface area contributed by atoms with Crippen molar-refractivity contribution in [2.75, 3.05) is 0 Å². The van der Waals surface area contributed by atoms with Gasteiger partial charge in [0.15, 0.2) is 0 Å². The summed E-state index contributed by atoms with van der Waals surface area (Å²) >= 11 is 6.04. The summed E-state index contributed by atoms with van der Waals surface area (Å²) in [5.41, 5.74) is 5.34. The zero-order valence-corrected chi connectivity index (χ0v) is 17.8. The Morgan fingerprint density at radius 2 is 1.73 bits per heavy atom. The molecule has 1 amide bonds. The monoisotopic (exact) mass is 414 g/mol. The number of benzene rings is 3. The predicted molar refractivity (Wildman–Crippen MR) is 124 cm³/mol. The summed E-state index contributed by atoms with van der Waals surface area (Å²) in [7, 11) is 0. The highest BCUT2D eigenvalue weighted by Gasteiger charge is 2.17. The first-order valence-electron chi connectivity index (χ1n) is 10.1. The molecule has 0 radical (unpaired) electrons. The Kier molecular flexibility index (Phi) is 5.82. The van der Waals surface area contributed by atoms with E-state index >= 15 is 0 Å². The number of nitrogens with zero attached hydrogens (tertiary/aromatic N) is 1. The molecule has 3 aromatic carbocycles. The summed E-state index contributed by atoms with van der Waals surface area (Å²) in [5, 5.41) is 4.68. The number of hydrogen-bond donors (Lipinski definition) is 1. The van der Waals surface area contributed by atoms with Gasteiger partial charge in [-0.15, -0.1) is 0 Å². The van der Waals surface area contributed by atoms with Crippen LogP contribution in [0.2, 0.25) is 5.02 Å². The Balaban J connectivity index is 1.79. The van der Waals surface area contributed by atoms with E-state index in [-0.39, 0.29) is 11.9 Å². The lowest BCUT2D eigenvalue weighted by Gasteiger charge is -2.16. The van der Waals surface area contributed by atoms with Gasteiger partial charge in [-0.25, -0.2) is 4.98 Å². The van der Waals surface area contributed by atoms with Crippen LogP contribution in [0.15, 0.2) is 78.9 Å². The normalized spacial score (nSPS) is 12.0. The number of halogens is 1. The van der Waals surface area contributed by atoms with Crippen molar-refractivity contribution in [1.29, 1.82) is 0 Å². The molecule has 0 fully saturated rings. The van der Waals surface area contributed by atoms with Gasteiger partial charge in [-0.05, 0) is 54.8 Å². The maximum atomic E-state index is 13.3. The molecule has 30 heavy (non-hydrogen) atoms. The van der Waals surface area contributed by atoms with Gasteiger partial charge in [-0.3, -0.25) is 4.79 Å². The molecule has 0 saturated heterocycles. The van der Waals surface area contributed by atoms with Crippen LogP contribution in [0, 0.1) is 0 Å². The van der Waals surface area contributed by atoms with Crippen LogP contribution in [-0.4, -0.2) is 10.9 Å². The first-order chi connectivity index (χ1) is 14.5. The van der Waals surface area contributed by atoms with E-state index in [2.05, 4.69) is 24.4 Å². The third-order valence-electron chi connectivity index (χ3n) is 5.31. The minimum Gasteiger partial charge on any atom is -0.345 e. The number of carbonyl (C=O) groups excluding carboxylic acids is 1. The molecule has 1 heterocycles. The minimum atomic E-state index is -0.109. The summed E-state index contributed by atoms with van der Waals surface area (Å²) in [4.78, 5) is 18.1. The Bertz CT molecular complexity index is 1190. The van der Waals surface area contributed by atoms with Gasteiger partial charge in [0.25, 0.3) is 5.91 Å². The Hall–Kier alpha value is -3.17. The lowest BCUT2D eigenvalue weighted by atomic mass is 10.0. The van der Waals surface area contributed by atoms with E-state index < -0.39 is 0 Å². The fourth-order valence-electron chi connectivity index (χ4n) is 3.55. The number of amides is 1. The van der Waals surface area contributed by atoms with Crippen LogP contribution >= 0.6 is 11.6 Å². The van der Waals surface area contributed by atoms with Gasteiger partial charge in [0.2, 0.25) is 0 Å². The molecule has 4 heteroatoms. The van der Waals surface area contributed by atoms with Crippen LogP contribution in [-0.2, 0) is 6.42 Å². The molecule has 150 valence electrons. The standard InChI is InChI=1S/C26H23ClN2O/c1-3-18-9-14-24-22(15-18)23(16-25(29-24)20-10-12-21(27)13-11-20)26(30)28-17(2)19-7-5-4-6-8-19/h4-17H,3H2,1-2H3,(H,28,30). The smallest absolute Gasteiger partial charge is 0.252 e. The summed E-state index contributed by atoms with van der Waals surface area (Å²) < 4.78 is 0. The van der Waals surface area contributed by atoms with Gasteiger partial charge >= 0.3 is 0 Å². The van der Waals surface area contributed by atoms with Crippen LogP contribution in [0.1, 0.15) is 41.4 Å². The predicted octanol–water partition coefficient (Wildman–Crippen LogP) is 6.61. The fourth-order valence-corrected chi connectivity index (χ4v) is 3.67. The average Bonchev–Trinajstić information content (AvgIpc) is 2.79. The van der Waals surface area contributed by atoms with Crippen LogP contribution in [0.4, 0.5) is 0 Å². The largest absolute Gasteiger partial charge is 0.345 e. The highest BCUT2D eigenvalue weighted by atomic mass is 35.5. The molecule has 1 aromatic heterocycles. The second-order valence-corrected chi connectivity index (χ2v) is 7.81. The minimum absolute atomic E-state index is 0.102. The molecule has 0 aliphatic rings. The molecule has 3 nitrogen and oxygen atoms in total. The third kappa shape index (κ3) is 4.22. The van der Waals surface area contributed by atoms with Crippen LogP contribution in [0.3, 0.4) is 0 Å². The highest BCUT2D eigenvalue weighted by Crippen LogP contribution is 2.27. The van der Waals surface area contributed by atoms with E-state index in [4.69, 9.17) is 16.6 Å². The van der Waals surface area contributed by atoms with E-state index in [9.17, 15) is 4.79 Å². The maximum absolute atomic E-state index is 13.3. The molecule has 0 aliphatic carbocycles. The van der Waals surface area contributed by atoms with Gasteiger partial charge in [-0.2, -0.15) is 0 Å². The molecule has 0 saturated carbocycles. The van der Waals surface area contributed by atoms with Crippen molar-refractivity contribution in [3.63, 3.8) is 0 Å². The van der Waals surface area contributed by atoms with Gasteiger partial charge < -0.3 is 5.32 Å². The fraction of sp³-hybridized carbons (Fsp3) is 0.154. The molecule has 0 spiro atoms.